The lowest BCUT2D eigenvalue weighted by molar-refractivity contribution is 0.614. The van der Waals surface area contributed by atoms with E-state index in [4.69, 9.17) is 0 Å². The van der Waals surface area contributed by atoms with Crippen molar-refractivity contribution < 1.29 is 0 Å². The van der Waals surface area contributed by atoms with Gasteiger partial charge >= 0.3 is 0 Å². The number of rotatable bonds is 1. The molecule has 0 aromatic carbocycles. The van der Waals surface area contributed by atoms with Crippen molar-refractivity contribution >= 4 is 0 Å². The Balaban J connectivity index is 2.18. The summed E-state index contributed by atoms with van der Waals surface area (Å²) in [5, 5.41) is 0. The molecule has 0 fully saturated rings. The summed E-state index contributed by atoms with van der Waals surface area (Å²) in [5.41, 5.74) is 1.41. The summed E-state index contributed by atoms with van der Waals surface area (Å²) in [6.45, 7) is 5.41. The molecular formula is C5H9N. The van der Waals surface area contributed by atoms with Gasteiger partial charge in [0, 0.05) is 18.4 Å². The van der Waals surface area contributed by atoms with Crippen LogP contribution in [0.4, 0.5) is 0 Å². The Morgan fingerprint density at radius 2 is 2.33 bits per heavy atom. The van der Waals surface area contributed by atoms with Gasteiger partial charge in [-0.3, -0.25) is 0 Å². The SMILES string of the molecule is CCN1C=C1C. The highest BCUT2D eigenvalue weighted by Gasteiger charge is 2.09. The minimum Gasteiger partial charge on any atom is -0.349 e. The average molecular weight is 83.1 g/mol. The van der Waals surface area contributed by atoms with Gasteiger partial charge in [0.15, 0.2) is 0 Å². The van der Waals surface area contributed by atoms with Gasteiger partial charge in [-0.25, -0.2) is 0 Å². The summed E-state index contributed by atoms with van der Waals surface area (Å²) in [7, 11) is 0. The van der Waals surface area contributed by atoms with E-state index in [-0.39, 0.29) is 0 Å². The number of hydrogen-bond acceptors (Lipinski definition) is 1. The molecule has 0 N–H and O–H groups in total. The van der Waals surface area contributed by atoms with Crippen LogP contribution in [0.15, 0.2) is 11.9 Å². The second kappa shape index (κ2) is 1.00. The molecule has 0 saturated heterocycles. The average Bonchev–Trinajstić information content (AvgIpc) is 2.19. The predicted molar refractivity (Wildman–Crippen MR) is 26.1 cm³/mol. The first-order chi connectivity index (χ1) is 2.84. The fourth-order valence-corrected chi connectivity index (χ4v) is 0.537. The minimum absolute atomic E-state index is 1.14. The Labute approximate surface area is 38.3 Å². The predicted octanol–water partition coefficient (Wildman–Crippen LogP) is 1.18. The van der Waals surface area contributed by atoms with Gasteiger partial charge in [0.2, 0.25) is 0 Å². The fourth-order valence-electron chi connectivity index (χ4n) is 0.537. The lowest BCUT2D eigenvalue weighted by Crippen LogP contribution is -1.93. The van der Waals surface area contributed by atoms with Crippen molar-refractivity contribution in [3.63, 3.8) is 0 Å². The molecule has 0 atom stereocenters. The number of hydrogen-bond donors (Lipinski definition) is 0. The van der Waals surface area contributed by atoms with Gasteiger partial charge in [-0.15, -0.1) is 0 Å². The summed E-state index contributed by atoms with van der Waals surface area (Å²) in [6, 6.07) is 0. The molecule has 0 aliphatic carbocycles. The van der Waals surface area contributed by atoms with Crippen LogP contribution in [0.3, 0.4) is 0 Å². The monoisotopic (exact) mass is 83.1 g/mol. The number of nitrogens with zero attached hydrogens (tertiary/aromatic N) is 1. The molecule has 1 heteroatoms. The molecule has 1 rings (SSSR count). The molecule has 1 aliphatic heterocycles. The molecule has 34 valence electrons. The summed E-state index contributed by atoms with van der Waals surface area (Å²) < 4.78 is 0. The van der Waals surface area contributed by atoms with Crippen LogP contribution in [0.1, 0.15) is 13.8 Å². The summed E-state index contributed by atoms with van der Waals surface area (Å²) in [4.78, 5) is 2.21. The van der Waals surface area contributed by atoms with E-state index in [1.165, 1.54) is 5.70 Å². The van der Waals surface area contributed by atoms with E-state index in [0.29, 0.717) is 0 Å². The molecule has 0 saturated carbocycles. The van der Waals surface area contributed by atoms with Gasteiger partial charge in [-0.1, -0.05) is 0 Å². The Bertz CT molecular complexity index is 83.9. The van der Waals surface area contributed by atoms with Crippen molar-refractivity contribution in [3.05, 3.63) is 11.9 Å². The molecule has 0 spiro atoms. The topological polar surface area (TPSA) is 3.01 Å². The molecule has 1 nitrogen and oxygen atoms in total. The second-order valence-electron chi connectivity index (χ2n) is 1.56. The van der Waals surface area contributed by atoms with E-state index in [9.17, 15) is 0 Å². The maximum atomic E-state index is 2.21. The fraction of sp³-hybridized carbons (Fsp3) is 0.600. The molecule has 0 unspecified atom stereocenters. The Morgan fingerprint density at radius 1 is 1.83 bits per heavy atom. The highest BCUT2D eigenvalue weighted by atomic mass is 15.2. The Kier molecular flexibility index (Phi) is 0.621. The molecule has 0 amide bonds. The van der Waals surface area contributed by atoms with Crippen LogP contribution < -0.4 is 0 Å². The van der Waals surface area contributed by atoms with E-state index in [1.807, 2.05) is 0 Å². The van der Waals surface area contributed by atoms with Crippen LogP contribution in [-0.2, 0) is 0 Å². The van der Waals surface area contributed by atoms with Crippen LogP contribution in [0.25, 0.3) is 0 Å². The van der Waals surface area contributed by atoms with Gasteiger partial charge in [0.1, 0.15) is 0 Å². The third kappa shape index (κ3) is 0.402. The second-order valence-corrected chi connectivity index (χ2v) is 1.56. The van der Waals surface area contributed by atoms with Gasteiger partial charge in [-0.2, -0.15) is 0 Å². The molecule has 1 aliphatic rings. The minimum atomic E-state index is 1.14. The Hall–Kier alpha value is -0.460. The molecule has 6 heavy (non-hydrogen) atoms. The van der Waals surface area contributed by atoms with Crippen molar-refractivity contribution in [2.45, 2.75) is 13.8 Å². The van der Waals surface area contributed by atoms with Crippen molar-refractivity contribution in [2.75, 3.05) is 6.54 Å². The maximum absolute atomic E-state index is 2.21. The van der Waals surface area contributed by atoms with Crippen LogP contribution in [-0.4, -0.2) is 11.4 Å². The van der Waals surface area contributed by atoms with Crippen molar-refractivity contribution in [2.24, 2.45) is 0 Å². The third-order valence-corrected chi connectivity index (χ3v) is 1.07. The highest BCUT2D eigenvalue weighted by molar-refractivity contribution is 5.14. The van der Waals surface area contributed by atoms with Gasteiger partial charge in [0.05, 0.1) is 0 Å². The molecular weight excluding hydrogens is 74.1 g/mol. The maximum Gasteiger partial charge on any atom is 0.0306 e. The number of allylic oxidation sites excluding steroid dienone is 1. The molecule has 0 bridgehead atoms. The first kappa shape index (κ1) is 3.72. The molecule has 0 aromatic heterocycles. The standard InChI is InChI=1S/C5H9N/c1-3-6-4-5(6)2/h4H,3H2,1-2H3. The zero-order valence-corrected chi connectivity index (χ0v) is 4.23. The summed E-state index contributed by atoms with van der Waals surface area (Å²) >= 11 is 0. The summed E-state index contributed by atoms with van der Waals surface area (Å²) in [6.07, 6.45) is 2.14. The zero-order valence-electron chi connectivity index (χ0n) is 4.23. The Morgan fingerprint density at radius 3 is 2.33 bits per heavy atom. The van der Waals surface area contributed by atoms with Crippen LogP contribution >= 0.6 is 0 Å². The van der Waals surface area contributed by atoms with Gasteiger partial charge < -0.3 is 4.90 Å². The largest absolute Gasteiger partial charge is 0.349 e. The highest BCUT2D eigenvalue weighted by Crippen LogP contribution is 2.16. The molecule has 0 aromatic rings. The first-order valence-corrected chi connectivity index (χ1v) is 2.29. The zero-order chi connectivity index (χ0) is 4.57. The van der Waals surface area contributed by atoms with Crippen molar-refractivity contribution in [3.8, 4) is 0 Å². The van der Waals surface area contributed by atoms with Crippen molar-refractivity contribution in [1.29, 1.82) is 0 Å². The molecule has 1 heterocycles. The summed E-state index contributed by atoms with van der Waals surface area (Å²) in [5.74, 6) is 0. The molecule has 0 radical (unpaired) electrons. The third-order valence-electron chi connectivity index (χ3n) is 1.07. The van der Waals surface area contributed by atoms with Crippen LogP contribution in [0.2, 0.25) is 0 Å². The smallest absolute Gasteiger partial charge is 0.0306 e. The van der Waals surface area contributed by atoms with E-state index in [2.05, 4.69) is 24.9 Å². The quantitative estimate of drug-likeness (QED) is 0.460. The van der Waals surface area contributed by atoms with E-state index >= 15 is 0 Å². The lowest BCUT2D eigenvalue weighted by Gasteiger charge is -1.92. The van der Waals surface area contributed by atoms with E-state index in [0.717, 1.165) is 6.54 Å². The van der Waals surface area contributed by atoms with E-state index < -0.39 is 0 Å². The van der Waals surface area contributed by atoms with Gasteiger partial charge in [-0.05, 0) is 13.8 Å². The lowest BCUT2D eigenvalue weighted by atomic mass is 10.7. The van der Waals surface area contributed by atoms with Crippen LogP contribution in [0.5, 0.6) is 0 Å². The normalized spacial score (nSPS) is 17.7. The van der Waals surface area contributed by atoms with Crippen LogP contribution in [0, 0.1) is 0 Å². The van der Waals surface area contributed by atoms with Crippen molar-refractivity contribution in [1.82, 2.24) is 4.90 Å². The van der Waals surface area contributed by atoms with Gasteiger partial charge in [0.25, 0.3) is 0 Å². The van der Waals surface area contributed by atoms with E-state index in [1.54, 1.807) is 0 Å². The first-order valence-electron chi connectivity index (χ1n) is 2.29.